The predicted molar refractivity (Wildman–Crippen MR) is 71.8 cm³/mol. The van der Waals surface area contributed by atoms with E-state index in [-0.39, 0.29) is 17.0 Å². The number of rotatable bonds is 5. The minimum absolute atomic E-state index is 0.100. The standard InChI is InChI=1S/C14H28N2O/c1-4-8-13(2,3)16-12(17)11-14(15)9-6-5-7-10-14/h4-11,15H2,1-3H3,(H,16,17). The molecule has 1 amide bonds. The number of nitrogens with two attached hydrogens (primary N) is 1. The third kappa shape index (κ3) is 5.07. The van der Waals surface area contributed by atoms with Gasteiger partial charge in [0.15, 0.2) is 0 Å². The van der Waals surface area contributed by atoms with Crippen LogP contribution in [0.1, 0.15) is 72.1 Å². The van der Waals surface area contributed by atoms with Gasteiger partial charge in [-0.2, -0.15) is 0 Å². The molecule has 1 saturated carbocycles. The van der Waals surface area contributed by atoms with Crippen molar-refractivity contribution in [2.75, 3.05) is 0 Å². The third-order valence-corrected chi connectivity index (χ3v) is 3.71. The maximum Gasteiger partial charge on any atom is 0.222 e. The highest BCUT2D eigenvalue weighted by Gasteiger charge is 2.31. The molecule has 17 heavy (non-hydrogen) atoms. The molecule has 0 radical (unpaired) electrons. The van der Waals surface area contributed by atoms with Crippen molar-refractivity contribution in [3.8, 4) is 0 Å². The van der Waals surface area contributed by atoms with E-state index in [1.807, 2.05) is 0 Å². The molecule has 3 N–H and O–H groups in total. The number of carbonyl (C=O) groups excluding carboxylic acids is 1. The van der Waals surface area contributed by atoms with Gasteiger partial charge in [-0.3, -0.25) is 4.79 Å². The molecule has 0 bridgehead atoms. The lowest BCUT2D eigenvalue weighted by molar-refractivity contribution is -0.124. The third-order valence-electron chi connectivity index (χ3n) is 3.71. The first-order valence-corrected chi connectivity index (χ1v) is 6.97. The molecule has 0 aromatic heterocycles. The fraction of sp³-hybridized carbons (Fsp3) is 0.929. The quantitative estimate of drug-likeness (QED) is 0.776. The molecule has 1 aliphatic rings. The minimum Gasteiger partial charge on any atom is -0.351 e. The lowest BCUT2D eigenvalue weighted by atomic mass is 9.80. The van der Waals surface area contributed by atoms with Crippen LogP contribution in [0, 0.1) is 0 Å². The fourth-order valence-corrected chi connectivity index (χ4v) is 2.86. The molecule has 0 saturated heterocycles. The van der Waals surface area contributed by atoms with Crippen molar-refractivity contribution in [3.63, 3.8) is 0 Å². The Bertz CT molecular complexity index is 255. The van der Waals surface area contributed by atoms with Gasteiger partial charge in [-0.05, 0) is 33.1 Å². The van der Waals surface area contributed by atoms with E-state index < -0.39 is 0 Å². The molecule has 0 atom stereocenters. The SMILES string of the molecule is CCCC(C)(C)NC(=O)CC1(N)CCCCC1. The van der Waals surface area contributed by atoms with Crippen molar-refractivity contribution in [2.24, 2.45) is 5.73 Å². The highest BCUT2D eigenvalue weighted by Crippen LogP contribution is 2.28. The summed E-state index contributed by atoms with van der Waals surface area (Å²) in [6, 6.07) is 0. The van der Waals surface area contributed by atoms with Crippen LogP contribution in [0.3, 0.4) is 0 Å². The molecule has 3 heteroatoms. The summed E-state index contributed by atoms with van der Waals surface area (Å²) in [6.45, 7) is 6.30. The second-order valence-corrected chi connectivity index (χ2v) is 6.28. The van der Waals surface area contributed by atoms with Crippen molar-refractivity contribution < 1.29 is 4.79 Å². The van der Waals surface area contributed by atoms with Gasteiger partial charge in [-0.15, -0.1) is 0 Å². The highest BCUT2D eigenvalue weighted by molar-refractivity contribution is 5.78. The second-order valence-electron chi connectivity index (χ2n) is 6.28. The first-order chi connectivity index (χ1) is 7.87. The molecule has 0 spiro atoms. The van der Waals surface area contributed by atoms with E-state index in [4.69, 9.17) is 5.73 Å². The summed E-state index contributed by atoms with van der Waals surface area (Å²) < 4.78 is 0. The van der Waals surface area contributed by atoms with Gasteiger partial charge in [0.1, 0.15) is 0 Å². The average molecular weight is 240 g/mol. The van der Waals surface area contributed by atoms with Crippen molar-refractivity contribution in [1.82, 2.24) is 5.32 Å². The van der Waals surface area contributed by atoms with Crippen LogP contribution in [0.5, 0.6) is 0 Å². The summed E-state index contributed by atoms with van der Waals surface area (Å²) in [6.07, 6.45) is 8.17. The van der Waals surface area contributed by atoms with Gasteiger partial charge in [0.2, 0.25) is 5.91 Å². The van der Waals surface area contributed by atoms with E-state index in [1.54, 1.807) is 0 Å². The van der Waals surface area contributed by atoms with Crippen LogP contribution in [0.25, 0.3) is 0 Å². The summed E-state index contributed by atoms with van der Waals surface area (Å²) in [5.41, 5.74) is 5.95. The maximum absolute atomic E-state index is 12.0. The van der Waals surface area contributed by atoms with E-state index in [1.165, 1.54) is 19.3 Å². The van der Waals surface area contributed by atoms with Crippen LogP contribution in [-0.4, -0.2) is 17.0 Å². The monoisotopic (exact) mass is 240 g/mol. The van der Waals surface area contributed by atoms with Crippen LogP contribution >= 0.6 is 0 Å². The Kier molecular flexibility index (Phi) is 4.99. The summed E-state index contributed by atoms with van der Waals surface area (Å²) in [4.78, 5) is 12.0. The van der Waals surface area contributed by atoms with Gasteiger partial charge in [-0.25, -0.2) is 0 Å². The van der Waals surface area contributed by atoms with Gasteiger partial charge in [-0.1, -0.05) is 32.6 Å². The Morgan fingerprint density at radius 3 is 2.41 bits per heavy atom. The Hall–Kier alpha value is -0.570. The molecule has 1 fully saturated rings. The van der Waals surface area contributed by atoms with E-state index in [2.05, 4.69) is 26.1 Å². The van der Waals surface area contributed by atoms with Crippen LogP contribution in [0.2, 0.25) is 0 Å². The van der Waals surface area contributed by atoms with Crippen molar-refractivity contribution >= 4 is 5.91 Å². The summed E-state index contributed by atoms with van der Waals surface area (Å²) in [5.74, 6) is 0.118. The molecule has 0 aliphatic heterocycles. The average Bonchev–Trinajstić information content (AvgIpc) is 2.15. The molecular formula is C14H28N2O. The van der Waals surface area contributed by atoms with E-state index in [9.17, 15) is 4.79 Å². The van der Waals surface area contributed by atoms with Crippen molar-refractivity contribution in [2.45, 2.75) is 83.2 Å². The second kappa shape index (κ2) is 5.85. The molecule has 0 aromatic carbocycles. The number of carbonyl (C=O) groups is 1. The highest BCUT2D eigenvalue weighted by atomic mass is 16.1. The molecule has 1 rings (SSSR count). The van der Waals surface area contributed by atoms with Gasteiger partial charge < -0.3 is 11.1 Å². The first-order valence-electron chi connectivity index (χ1n) is 6.97. The maximum atomic E-state index is 12.0. The molecule has 1 aliphatic carbocycles. The summed E-state index contributed by atoms with van der Waals surface area (Å²) in [5, 5.41) is 3.11. The minimum atomic E-state index is -0.245. The zero-order chi connectivity index (χ0) is 12.9. The fourth-order valence-electron chi connectivity index (χ4n) is 2.86. The Labute approximate surface area is 106 Å². The topological polar surface area (TPSA) is 55.1 Å². The zero-order valence-corrected chi connectivity index (χ0v) is 11.6. The van der Waals surface area contributed by atoms with Crippen LogP contribution < -0.4 is 11.1 Å². The summed E-state index contributed by atoms with van der Waals surface area (Å²) >= 11 is 0. The van der Waals surface area contributed by atoms with Crippen molar-refractivity contribution in [3.05, 3.63) is 0 Å². The Morgan fingerprint density at radius 1 is 1.29 bits per heavy atom. The van der Waals surface area contributed by atoms with Gasteiger partial charge in [0.05, 0.1) is 0 Å². The van der Waals surface area contributed by atoms with Crippen molar-refractivity contribution in [1.29, 1.82) is 0 Å². The Morgan fingerprint density at radius 2 is 1.88 bits per heavy atom. The predicted octanol–water partition coefficient (Wildman–Crippen LogP) is 2.73. The lowest BCUT2D eigenvalue weighted by Gasteiger charge is -2.34. The normalized spacial score (nSPS) is 20.0. The number of amides is 1. The molecule has 3 nitrogen and oxygen atoms in total. The van der Waals surface area contributed by atoms with Crippen LogP contribution in [0.15, 0.2) is 0 Å². The number of nitrogens with one attached hydrogen (secondary N) is 1. The van der Waals surface area contributed by atoms with E-state index in [0.29, 0.717) is 6.42 Å². The molecule has 100 valence electrons. The smallest absolute Gasteiger partial charge is 0.222 e. The number of hydrogen-bond acceptors (Lipinski definition) is 2. The van der Waals surface area contributed by atoms with E-state index in [0.717, 1.165) is 25.7 Å². The van der Waals surface area contributed by atoms with Crippen LogP contribution in [-0.2, 0) is 4.79 Å². The van der Waals surface area contributed by atoms with E-state index >= 15 is 0 Å². The Balaban J connectivity index is 2.43. The summed E-state index contributed by atoms with van der Waals surface area (Å²) in [7, 11) is 0. The lowest BCUT2D eigenvalue weighted by Crippen LogP contribution is -2.50. The number of hydrogen-bond donors (Lipinski definition) is 2. The van der Waals surface area contributed by atoms with Gasteiger partial charge in [0.25, 0.3) is 0 Å². The molecule has 0 unspecified atom stereocenters. The molecule has 0 aromatic rings. The molecule has 0 heterocycles. The van der Waals surface area contributed by atoms with Gasteiger partial charge >= 0.3 is 0 Å². The van der Waals surface area contributed by atoms with Crippen LogP contribution in [0.4, 0.5) is 0 Å². The zero-order valence-electron chi connectivity index (χ0n) is 11.6. The van der Waals surface area contributed by atoms with Gasteiger partial charge in [0, 0.05) is 17.5 Å². The largest absolute Gasteiger partial charge is 0.351 e. The first kappa shape index (κ1) is 14.5. The molecular weight excluding hydrogens is 212 g/mol.